The van der Waals surface area contributed by atoms with Crippen molar-refractivity contribution in [1.29, 1.82) is 0 Å². The van der Waals surface area contributed by atoms with Crippen molar-refractivity contribution in [3.63, 3.8) is 0 Å². The van der Waals surface area contributed by atoms with Crippen molar-refractivity contribution < 1.29 is 24.2 Å². The number of ether oxygens (including phenoxy) is 2. The molecule has 1 aliphatic rings. The lowest BCUT2D eigenvalue weighted by molar-refractivity contribution is -0.139. The van der Waals surface area contributed by atoms with E-state index < -0.39 is 12.0 Å². The molecule has 12 heteroatoms. The molecule has 1 saturated carbocycles. The Morgan fingerprint density at radius 3 is 2.26 bits per heavy atom. The minimum Gasteiger partial charge on any atom is -0.480 e. The van der Waals surface area contributed by atoms with Crippen molar-refractivity contribution >= 4 is 29.7 Å². The summed E-state index contributed by atoms with van der Waals surface area (Å²) in [5.74, 6) is -0.192. The number of benzene rings is 1. The number of rotatable bonds is 18. The number of aliphatic carboxylic acids is 1. The van der Waals surface area contributed by atoms with Crippen LogP contribution in [0, 0.1) is 5.92 Å². The second kappa shape index (κ2) is 16.5. The number of hydrogen-bond acceptors (Lipinski definition) is 10. The molecule has 2 atom stereocenters. The van der Waals surface area contributed by atoms with E-state index in [1.807, 2.05) is 32.0 Å². The van der Waals surface area contributed by atoms with Crippen LogP contribution in [0.25, 0.3) is 0 Å². The summed E-state index contributed by atoms with van der Waals surface area (Å²) in [6, 6.07) is 8.53. The fourth-order valence-electron chi connectivity index (χ4n) is 4.14. The van der Waals surface area contributed by atoms with Gasteiger partial charge in [0.2, 0.25) is 17.8 Å². The molecule has 1 heterocycles. The van der Waals surface area contributed by atoms with Crippen LogP contribution in [0.5, 0.6) is 0 Å². The molecule has 214 valence electrons. The van der Waals surface area contributed by atoms with E-state index in [-0.39, 0.29) is 17.8 Å². The topological polar surface area (TPSA) is 160 Å². The Morgan fingerprint density at radius 2 is 1.59 bits per heavy atom. The van der Waals surface area contributed by atoms with Gasteiger partial charge in [-0.05, 0) is 30.9 Å². The molecule has 0 radical (unpaired) electrons. The first-order valence-corrected chi connectivity index (χ1v) is 13.7. The van der Waals surface area contributed by atoms with Gasteiger partial charge in [-0.25, -0.2) is 4.79 Å². The van der Waals surface area contributed by atoms with Gasteiger partial charge in [-0.15, -0.1) is 0 Å². The first-order valence-electron chi connectivity index (χ1n) is 13.7. The molecule has 1 aromatic carbocycles. The number of amides is 1. The van der Waals surface area contributed by atoms with Crippen LogP contribution in [-0.2, 0) is 14.3 Å². The van der Waals surface area contributed by atoms with Crippen molar-refractivity contribution in [1.82, 2.24) is 20.3 Å². The number of carboxylic acids is 1. The lowest BCUT2D eigenvalue weighted by Gasteiger charge is -2.21. The SMILES string of the molecule is CC[C@H](C)[C@H](Nc1nc(NCCOCCOCCNC(=O)c2ccccc2)nc(NC2CCCC2)n1)C(=O)O. The molecule has 0 saturated heterocycles. The second-order valence-corrected chi connectivity index (χ2v) is 9.55. The molecule has 1 amide bonds. The fraction of sp³-hybridized carbons (Fsp3) is 0.593. The van der Waals surface area contributed by atoms with Gasteiger partial charge in [0.05, 0.1) is 26.4 Å². The van der Waals surface area contributed by atoms with E-state index in [2.05, 4.69) is 36.2 Å². The summed E-state index contributed by atoms with van der Waals surface area (Å²) in [5, 5.41) is 21.9. The average molecular weight is 544 g/mol. The Hall–Kier alpha value is -3.51. The highest BCUT2D eigenvalue weighted by Crippen LogP contribution is 2.22. The first-order chi connectivity index (χ1) is 19.0. The molecule has 39 heavy (non-hydrogen) atoms. The number of nitrogens with zero attached hydrogens (tertiary/aromatic N) is 3. The lowest BCUT2D eigenvalue weighted by Crippen LogP contribution is -2.36. The van der Waals surface area contributed by atoms with Crippen molar-refractivity contribution in [2.45, 2.75) is 58.0 Å². The van der Waals surface area contributed by atoms with Gasteiger partial charge in [0.25, 0.3) is 5.91 Å². The lowest BCUT2D eigenvalue weighted by atomic mass is 10.00. The number of aromatic nitrogens is 3. The molecule has 12 nitrogen and oxygen atoms in total. The van der Waals surface area contributed by atoms with Crippen LogP contribution >= 0.6 is 0 Å². The molecule has 0 spiro atoms. The molecule has 0 bridgehead atoms. The highest BCUT2D eigenvalue weighted by Gasteiger charge is 2.25. The van der Waals surface area contributed by atoms with E-state index >= 15 is 0 Å². The quantitative estimate of drug-likeness (QED) is 0.176. The van der Waals surface area contributed by atoms with Gasteiger partial charge in [0, 0.05) is 24.7 Å². The zero-order chi connectivity index (χ0) is 27.9. The fourth-order valence-corrected chi connectivity index (χ4v) is 4.14. The second-order valence-electron chi connectivity index (χ2n) is 9.55. The van der Waals surface area contributed by atoms with Gasteiger partial charge in [-0.1, -0.05) is 51.3 Å². The maximum atomic E-state index is 12.0. The molecule has 0 aliphatic heterocycles. The predicted octanol–water partition coefficient (Wildman–Crippen LogP) is 3.01. The number of carbonyl (C=O) groups excluding carboxylic acids is 1. The summed E-state index contributed by atoms with van der Waals surface area (Å²) in [6.45, 7) is 6.31. The molecule has 2 aromatic rings. The third kappa shape index (κ3) is 10.6. The normalized spacial score (nSPS) is 14.9. The Bertz CT molecular complexity index is 1020. The van der Waals surface area contributed by atoms with E-state index in [1.165, 1.54) is 0 Å². The number of hydrogen-bond donors (Lipinski definition) is 5. The zero-order valence-corrected chi connectivity index (χ0v) is 22.8. The first kappa shape index (κ1) is 30.0. The molecule has 1 aliphatic carbocycles. The highest BCUT2D eigenvalue weighted by atomic mass is 16.5. The van der Waals surface area contributed by atoms with Gasteiger partial charge < -0.3 is 35.8 Å². The van der Waals surface area contributed by atoms with Crippen molar-refractivity contribution in [3.8, 4) is 0 Å². The summed E-state index contributed by atoms with van der Waals surface area (Å²) < 4.78 is 11.1. The molecular weight excluding hydrogens is 502 g/mol. The number of anilines is 3. The van der Waals surface area contributed by atoms with Gasteiger partial charge in [0.15, 0.2) is 0 Å². The summed E-state index contributed by atoms with van der Waals surface area (Å²) in [6.07, 6.45) is 5.14. The van der Waals surface area contributed by atoms with Crippen LogP contribution < -0.4 is 21.3 Å². The summed E-state index contributed by atoms with van der Waals surface area (Å²) in [4.78, 5) is 37.1. The smallest absolute Gasteiger partial charge is 0.326 e. The van der Waals surface area contributed by atoms with E-state index in [0.717, 1.165) is 25.7 Å². The summed E-state index contributed by atoms with van der Waals surface area (Å²) >= 11 is 0. The molecule has 5 N–H and O–H groups in total. The zero-order valence-electron chi connectivity index (χ0n) is 22.8. The largest absolute Gasteiger partial charge is 0.480 e. The highest BCUT2D eigenvalue weighted by molar-refractivity contribution is 5.94. The van der Waals surface area contributed by atoms with Gasteiger partial charge in [0.1, 0.15) is 6.04 Å². The van der Waals surface area contributed by atoms with Crippen molar-refractivity contribution in [2.24, 2.45) is 5.92 Å². The molecule has 0 unspecified atom stereocenters. The Balaban J connectivity index is 1.39. The molecule has 1 fully saturated rings. The minimum atomic E-state index is -0.946. The Kier molecular flexibility index (Phi) is 12.7. The monoisotopic (exact) mass is 543 g/mol. The van der Waals surface area contributed by atoms with Crippen LogP contribution in [-0.4, -0.2) is 83.5 Å². The maximum Gasteiger partial charge on any atom is 0.326 e. The van der Waals surface area contributed by atoms with Crippen LogP contribution in [0.15, 0.2) is 30.3 Å². The summed E-state index contributed by atoms with van der Waals surface area (Å²) in [5.41, 5.74) is 0.619. The number of nitrogens with one attached hydrogen (secondary N) is 4. The van der Waals surface area contributed by atoms with Gasteiger partial charge in [-0.3, -0.25) is 4.79 Å². The minimum absolute atomic E-state index is 0.0994. The maximum absolute atomic E-state index is 12.0. The van der Waals surface area contributed by atoms with Crippen molar-refractivity contribution in [2.75, 3.05) is 55.5 Å². The molecular formula is C27H41N7O5. The third-order valence-corrected chi connectivity index (χ3v) is 6.56. The van der Waals surface area contributed by atoms with E-state index in [1.54, 1.807) is 12.1 Å². The number of carbonyl (C=O) groups is 2. The van der Waals surface area contributed by atoms with Crippen LogP contribution in [0.3, 0.4) is 0 Å². The third-order valence-electron chi connectivity index (χ3n) is 6.56. The van der Waals surface area contributed by atoms with Crippen LogP contribution in [0.4, 0.5) is 17.8 Å². The molecule has 1 aromatic heterocycles. The Morgan fingerprint density at radius 1 is 0.949 bits per heavy atom. The summed E-state index contributed by atoms with van der Waals surface area (Å²) in [7, 11) is 0. The van der Waals surface area contributed by atoms with E-state index in [0.29, 0.717) is 69.4 Å². The van der Waals surface area contributed by atoms with Gasteiger partial charge >= 0.3 is 5.97 Å². The predicted molar refractivity (Wildman–Crippen MR) is 149 cm³/mol. The average Bonchev–Trinajstić information content (AvgIpc) is 3.45. The molecule has 3 rings (SSSR count). The van der Waals surface area contributed by atoms with Crippen LogP contribution in [0.1, 0.15) is 56.3 Å². The number of carboxylic acid groups (broad SMARTS) is 1. The van der Waals surface area contributed by atoms with Gasteiger partial charge in [-0.2, -0.15) is 15.0 Å². The van der Waals surface area contributed by atoms with Crippen molar-refractivity contribution in [3.05, 3.63) is 35.9 Å². The standard InChI is InChI=1S/C27H41N7O5/c1-3-19(2)22(24(36)37)31-27-33-25(32-26(34-27)30-21-11-7-8-12-21)29-14-16-39-18-17-38-15-13-28-23(35)20-9-5-4-6-10-20/h4-6,9-10,19,21-22H,3,7-8,11-18H2,1-2H3,(H,28,35)(H,36,37)(H3,29,30,31,32,33,34)/t19-,22-/m0/s1. The van der Waals surface area contributed by atoms with Crippen LogP contribution in [0.2, 0.25) is 0 Å². The van der Waals surface area contributed by atoms with E-state index in [9.17, 15) is 14.7 Å². The van der Waals surface area contributed by atoms with E-state index in [4.69, 9.17) is 9.47 Å². The Labute approximate surface area is 229 Å².